The van der Waals surface area contributed by atoms with Gasteiger partial charge in [0.25, 0.3) is 5.69 Å². The molecule has 0 fully saturated rings. The van der Waals surface area contributed by atoms with E-state index < -0.39 is 16.9 Å². The number of fused-ring (bicyclic) bond motifs is 1. The Morgan fingerprint density at radius 1 is 1.36 bits per heavy atom. The summed E-state index contributed by atoms with van der Waals surface area (Å²) in [6.45, 7) is 1.17. The van der Waals surface area contributed by atoms with Crippen molar-refractivity contribution in [2.24, 2.45) is 0 Å². The number of rotatable bonds is 3. The Bertz CT molecular complexity index is 829. The molecule has 0 spiro atoms. The lowest BCUT2D eigenvalue weighted by atomic mass is 10.1. The third-order valence-electron chi connectivity index (χ3n) is 3.90. The molecule has 0 saturated carbocycles. The fraction of sp³-hybridized carbons (Fsp3) is 0.333. The number of hydrogen-bond acceptors (Lipinski definition) is 5. The van der Waals surface area contributed by atoms with Gasteiger partial charge < -0.3 is 0 Å². The second-order valence-corrected chi connectivity index (χ2v) is 6.06. The van der Waals surface area contributed by atoms with Crippen molar-refractivity contribution in [3.63, 3.8) is 0 Å². The summed E-state index contributed by atoms with van der Waals surface area (Å²) in [5.74, 6) is -1.14. The molecule has 0 bridgehead atoms. The zero-order valence-electron chi connectivity index (χ0n) is 12.8. The number of alkyl halides is 3. The van der Waals surface area contributed by atoms with Crippen molar-refractivity contribution in [2.45, 2.75) is 25.7 Å². The van der Waals surface area contributed by atoms with E-state index in [-0.39, 0.29) is 5.69 Å². The summed E-state index contributed by atoms with van der Waals surface area (Å²) in [6, 6.07) is 4.19. The maximum absolute atomic E-state index is 12.7. The number of hydrogen-bond donors (Lipinski definition) is 0. The van der Waals surface area contributed by atoms with E-state index in [2.05, 4.69) is 9.97 Å². The maximum atomic E-state index is 12.7. The smallest absolute Gasteiger partial charge is 0.294 e. The number of nitro groups is 1. The topological polar surface area (TPSA) is 72.2 Å². The van der Waals surface area contributed by atoms with Crippen molar-refractivity contribution >= 4 is 17.3 Å². The number of benzene rings is 1. The quantitative estimate of drug-likeness (QED) is 0.608. The van der Waals surface area contributed by atoms with E-state index in [1.54, 1.807) is 0 Å². The Kier molecular flexibility index (Phi) is 4.61. The third-order valence-corrected chi connectivity index (χ3v) is 4.27. The Morgan fingerprint density at radius 2 is 2.12 bits per heavy atom. The van der Waals surface area contributed by atoms with Gasteiger partial charge in [-0.2, -0.15) is 13.2 Å². The molecule has 0 saturated heterocycles. The summed E-state index contributed by atoms with van der Waals surface area (Å²) in [5.41, 5.74) is 1.52. The van der Waals surface area contributed by atoms with Gasteiger partial charge in [-0.05, 0) is 11.6 Å². The Morgan fingerprint density at radius 3 is 2.80 bits per heavy atom. The minimum absolute atomic E-state index is 0.0602. The van der Waals surface area contributed by atoms with Crippen LogP contribution in [0, 0.1) is 10.1 Å². The third kappa shape index (κ3) is 3.88. The van der Waals surface area contributed by atoms with Crippen molar-refractivity contribution in [2.75, 3.05) is 6.54 Å². The Labute approximate surface area is 145 Å². The van der Waals surface area contributed by atoms with Crippen LogP contribution >= 0.6 is 11.6 Å². The van der Waals surface area contributed by atoms with Gasteiger partial charge in [0.2, 0.25) is 5.82 Å². The summed E-state index contributed by atoms with van der Waals surface area (Å²) >= 11 is 6.09. The first-order valence-electron chi connectivity index (χ1n) is 7.31. The zero-order chi connectivity index (χ0) is 18.2. The van der Waals surface area contributed by atoms with Crippen LogP contribution in [0.5, 0.6) is 0 Å². The number of aromatic nitrogens is 2. The van der Waals surface area contributed by atoms with E-state index >= 15 is 0 Å². The van der Waals surface area contributed by atoms with Gasteiger partial charge >= 0.3 is 6.18 Å². The molecule has 0 amide bonds. The summed E-state index contributed by atoms with van der Waals surface area (Å²) in [4.78, 5) is 19.3. The molecule has 6 nitrogen and oxygen atoms in total. The molecule has 0 unspecified atom stereocenters. The van der Waals surface area contributed by atoms with Gasteiger partial charge in [0.15, 0.2) is 0 Å². The van der Waals surface area contributed by atoms with E-state index in [9.17, 15) is 23.3 Å². The normalized spacial score (nSPS) is 15.0. The molecule has 1 aromatic carbocycles. The molecule has 3 rings (SSSR count). The molecule has 2 aromatic rings. The summed E-state index contributed by atoms with van der Waals surface area (Å²) < 4.78 is 38.0. The lowest BCUT2D eigenvalue weighted by Gasteiger charge is -2.28. The zero-order valence-corrected chi connectivity index (χ0v) is 13.5. The first-order chi connectivity index (χ1) is 11.7. The molecule has 1 aliphatic heterocycles. The molecule has 0 atom stereocenters. The van der Waals surface area contributed by atoms with Gasteiger partial charge in [-0.3, -0.25) is 15.0 Å². The maximum Gasteiger partial charge on any atom is 0.451 e. The molecular formula is C15H12ClF3N4O2. The van der Waals surface area contributed by atoms with E-state index in [4.69, 9.17) is 11.6 Å². The van der Waals surface area contributed by atoms with Crippen LogP contribution < -0.4 is 0 Å². The van der Waals surface area contributed by atoms with Crippen LogP contribution in [0.2, 0.25) is 5.02 Å². The van der Waals surface area contributed by atoms with Crippen LogP contribution in [-0.2, 0) is 25.7 Å². The van der Waals surface area contributed by atoms with Crippen LogP contribution in [0.15, 0.2) is 24.4 Å². The van der Waals surface area contributed by atoms with E-state index in [1.807, 2.05) is 4.90 Å². The molecule has 132 valence electrons. The molecule has 10 heteroatoms. The van der Waals surface area contributed by atoms with Crippen molar-refractivity contribution < 1.29 is 18.1 Å². The predicted molar refractivity (Wildman–Crippen MR) is 83.0 cm³/mol. The van der Waals surface area contributed by atoms with Crippen LogP contribution in [0.1, 0.15) is 22.6 Å². The lowest BCUT2D eigenvalue weighted by molar-refractivity contribution is -0.384. The minimum Gasteiger partial charge on any atom is -0.294 e. The molecule has 0 aliphatic carbocycles. The number of nitrogens with zero attached hydrogens (tertiary/aromatic N) is 4. The molecule has 2 heterocycles. The van der Waals surface area contributed by atoms with Gasteiger partial charge in [0, 0.05) is 55.0 Å². The van der Waals surface area contributed by atoms with Crippen molar-refractivity contribution in [3.05, 3.63) is 62.2 Å². The Balaban J connectivity index is 1.78. The number of nitro benzene ring substituents is 1. The lowest BCUT2D eigenvalue weighted by Crippen LogP contribution is -2.31. The van der Waals surface area contributed by atoms with E-state index in [0.29, 0.717) is 47.9 Å². The van der Waals surface area contributed by atoms with Crippen LogP contribution in [0.4, 0.5) is 18.9 Å². The highest BCUT2D eigenvalue weighted by Crippen LogP contribution is 2.29. The van der Waals surface area contributed by atoms with Crippen molar-refractivity contribution in [3.8, 4) is 0 Å². The summed E-state index contributed by atoms with van der Waals surface area (Å²) in [5, 5.41) is 11.3. The first kappa shape index (κ1) is 17.6. The van der Waals surface area contributed by atoms with E-state index in [1.165, 1.54) is 24.4 Å². The SMILES string of the molecule is O=[N+]([O-])c1ccc(Cl)c(CN2CCc3nc(C(F)(F)F)ncc3C2)c1. The summed E-state index contributed by atoms with van der Waals surface area (Å²) in [7, 11) is 0. The molecule has 0 radical (unpaired) electrons. The monoisotopic (exact) mass is 372 g/mol. The van der Waals surface area contributed by atoms with Crippen LogP contribution in [-0.4, -0.2) is 26.3 Å². The van der Waals surface area contributed by atoms with Crippen molar-refractivity contribution in [1.82, 2.24) is 14.9 Å². The standard InChI is InChI=1S/C15H12ClF3N4O2/c16-12-2-1-11(23(24)25)5-9(12)7-22-4-3-13-10(8-22)6-20-14(21-13)15(17,18)19/h1-2,5-6H,3-4,7-8H2. The second kappa shape index (κ2) is 6.57. The Hall–Kier alpha value is -2.26. The number of halogens is 4. The van der Waals surface area contributed by atoms with Gasteiger partial charge in [0.1, 0.15) is 0 Å². The van der Waals surface area contributed by atoms with Crippen LogP contribution in [0.25, 0.3) is 0 Å². The van der Waals surface area contributed by atoms with E-state index in [0.717, 1.165) is 0 Å². The van der Waals surface area contributed by atoms with Crippen molar-refractivity contribution in [1.29, 1.82) is 0 Å². The fourth-order valence-electron chi connectivity index (χ4n) is 2.68. The molecule has 25 heavy (non-hydrogen) atoms. The minimum atomic E-state index is -4.57. The van der Waals surface area contributed by atoms with Gasteiger partial charge in [0.05, 0.1) is 10.6 Å². The number of non-ortho nitro benzene ring substituents is 1. The highest BCUT2D eigenvalue weighted by molar-refractivity contribution is 6.31. The molecular weight excluding hydrogens is 361 g/mol. The van der Waals surface area contributed by atoms with Gasteiger partial charge in [-0.1, -0.05) is 11.6 Å². The predicted octanol–water partition coefficient (Wildman–Crippen LogP) is 3.62. The largest absolute Gasteiger partial charge is 0.451 e. The molecule has 0 N–H and O–H groups in total. The highest BCUT2D eigenvalue weighted by atomic mass is 35.5. The molecule has 1 aromatic heterocycles. The second-order valence-electron chi connectivity index (χ2n) is 5.66. The summed E-state index contributed by atoms with van der Waals surface area (Å²) in [6.07, 6.45) is -3.04. The van der Waals surface area contributed by atoms with Crippen LogP contribution in [0.3, 0.4) is 0 Å². The average Bonchev–Trinajstić information content (AvgIpc) is 2.55. The first-order valence-corrected chi connectivity index (χ1v) is 7.69. The fourth-order valence-corrected chi connectivity index (χ4v) is 2.86. The molecule has 1 aliphatic rings. The van der Waals surface area contributed by atoms with Gasteiger partial charge in [-0.15, -0.1) is 0 Å². The average molecular weight is 373 g/mol. The van der Waals surface area contributed by atoms with Gasteiger partial charge in [-0.25, -0.2) is 9.97 Å². The highest BCUT2D eigenvalue weighted by Gasteiger charge is 2.35.